The van der Waals surface area contributed by atoms with Gasteiger partial charge in [-0.2, -0.15) is 4.39 Å². The summed E-state index contributed by atoms with van der Waals surface area (Å²) in [6.07, 6.45) is 3.20. The van der Waals surface area contributed by atoms with Crippen LogP contribution in [0.4, 0.5) is 10.1 Å². The average molecular weight is 267 g/mol. The maximum absolute atomic E-state index is 14.0. The first kappa shape index (κ1) is 13.9. The first-order valence-corrected chi connectivity index (χ1v) is 6.49. The molecule has 0 saturated carbocycles. The fourth-order valence-corrected chi connectivity index (χ4v) is 2.58. The molecule has 1 aromatic rings. The van der Waals surface area contributed by atoms with Crippen molar-refractivity contribution < 1.29 is 9.31 Å². The molecule has 0 aromatic heterocycles. The van der Waals surface area contributed by atoms with Gasteiger partial charge in [-0.15, -0.1) is 0 Å². The molecule has 19 heavy (non-hydrogen) atoms. The summed E-state index contributed by atoms with van der Waals surface area (Å²) < 4.78 is 14.0. The van der Waals surface area contributed by atoms with Crippen molar-refractivity contribution in [2.75, 3.05) is 13.1 Å². The zero-order chi connectivity index (χ0) is 13.8. The molecule has 0 spiro atoms. The Hall–Kier alpha value is -1.53. The Kier molecular flexibility index (Phi) is 4.44. The van der Waals surface area contributed by atoms with Crippen LogP contribution >= 0.6 is 0 Å². The normalized spacial score (nSPS) is 20.4. The van der Waals surface area contributed by atoms with E-state index >= 15 is 0 Å². The Morgan fingerprint density at radius 3 is 2.95 bits per heavy atom. The summed E-state index contributed by atoms with van der Waals surface area (Å²) >= 11 is 0. The summed E-state index contributed by atoms with van der Waals surface area (Å²) in [5.41, 5.74) is 5.63. The fourth-order valence-electron chi connectivity index (χ4n) is 2.58. The summed E-state index contributed by atoms with van der Waals surface area (Å²) in [7, 11) is 0. The molecule has 2 rings (SSSR count). The summed E-state index contributed by atoms with van der Waals surface area (Å²) in [4.78, 5) is 12.2. The number of hydrogen-bond donors (Lipinski definition) is 1. The smallest absolute Gasteiger partial charge is 0.305 e. The van der Waals surface area contributed by atoms with E-state index in [1.54, 1.807) is 6.07 Å². The van der Waals surface area contributed by atoms with Crippen LogP contribution in [0.15, 0.2) is 18.2 Å². The first-order valence-electron chi connectivity index (χ1n) is 6.49. The van der Waals surface area contributed by atoms with Crippen LogP contribution in [-0.4, -0.2) is 29.0 Å². The predicted molar refractivity (Wildman–Crippen MR) is 70.2 cm³/mol. The average Bonchev–Trinajstić information content (AvgIpc) is 2.41. The minimum absolute atomic E-state index is 0.243. The lowest BCUT2D eigenvalue weighted by Gasteiger charge is -2.34. The molecule has 6 heteroatoms. The van der Waals surface area contributed by atoms with Crippen LogP contribution in [0.3, 0.4) is 0 Å². The third-order valence-electron chi connectivity index (χ3n) is 3.65. The predicted octanol–water partition coefficient (Wildman–Crippen LogP) is 2.05. The number of nitro benzene ring substituents is 1. The Morgan fingerprint density at radius 2 is 2.26 bits per heavy atom. The number of nitro groups is 1. The summed E-state index contributed by atoms with van der Waals surface area (Å²) in [5, 5.41) is 10.7. The van der Waals surface area contributed by atoms with Crippen molar-refractivity contribution in [2.24, 2.45) is 5.73 Å². The van der Waals surface area contributed by atoms with Crippen molar-refractivity contribution in [1.29, 1.82) is 0 Å². The molecular formula is C13H18FN3O2. The highest BCUT2D eigenvalue weighted by atomic mass is 19.1. The molecule has 0 bridgehead atoms. The van der Waals surface area contributed by atoms with Gasteiger partial charge in [-0.25, -0.2) is 0 Å². The first-order chi connectivity index (χ1) is 9.13. The summed E-state index contributed by atoms with van der Waals surface area (Å²) in [6.45, 7) is 1.79. The lowest BCUT2D eigenvalue weighted by molar-refractivity contribution is -0.387. The van der Waals surface area contributed by atoms with E-state index in [-0.39, 0.29) is 6.04 Å². The second-order valence-corrected chi connectivity index (χ2v) is 4.86. The zero-order valence-corrected chi connectivity index (χ0v) is 10.7. The number of rotatable bonds is 4. The third kappa shape index (κ3) is 3.08. The molecule has 1 atom stereocenters. The second kappa shape index (κ2) is 6.08. The quantitative estimate of drug-likeness (QED) is 0.669. The van der Waals surface area contributed by atoms with E-state index in [9.17, 15) is 14.5 Å². The van der Waals surface area contributed by atoms with E-state index in [2.05, 4.69) is 4.90 Å². The van der Waals surface area contributed by atoms with Gasteiger partial charge >= 0.3 is 5.69 Å². The highest BCUT2D eigenvalue weighted by Crippen LogP contribution is 2.24. The van der Waals surface area contributed by atoms with Crippen molar-refractivity contribution in [3.63, 3.8) is 0 Å². The Labute approximate surface area is 111 Å². The van der Waals surface area contributed by atoms with Crippen LogP contribution in [0.5, 0.6) is 0 Å². The number of nitrogens with zero attached hydrogens (tertiary/aromatic N) is 2. The molecule has 1 aliphatic rings. The van der Waals surface area contributed by atoms with Crippen molar-refractivity contribution >= 4 is 5.69 Å². The van der Waals surface area contributed by atoms with E-state index in [1.807, 2.05) is 0 Å². The monoisotopic (exact) mass is 267 g/mol. The van der Waals surface area contributed by atoms with Crippen molar-refractivity contribution in [3.05, 3.63) is 39.7 Å². The molecule has 1 heterocycles. The van der Waals surface area contributed by atoms with Gasteiger partial charge in [0.25, 0.3) is 0 Å². The minimum Gasteiger partial charge on any atom is -0.329 e. The highest BCUT2D eigenvalue weighted by Gasteiger charge is 2.24. The number of likely N-dealkylation sites (tertiary alicyclic amines) is 1. The SMILES string of the molecule is NCC1CCCCN1Cc1cccc([N+](=O)[O-])c1F. The molecule has 104 valence electrons. The standard InChI is InChI=1S/C13H18FN3O2/c14-13-10(4-3-6-12(13)17(18)19)9-16-7-2-1-5-11(16)8-15/h3-4,6,11H,1-2,5,7-9,15H2. The summed E-state index contributed by atoms with van der Waals surface area (Å²) in [5.74, 6) is -0.728. The van der Waals surface area contributed by atoms with E-state index in [0.717, 1.165) is 25.8 Å². The second-order valence-electron chi connectivity index (χ2n) is 4.86. The van der Waals surface area contributed by atoms with Crippen molar-refractivity contribution in [2.45, 2.75) is 31.8 Å². The molecule has 1 aliphatic heterocycles. The van der Waals surface area contributed by atoms with Gasteiger partial charge in [-0.3, -0.25) is 15.0 Å². The maximum atomic E-state index is 14.0. The number of piperidine rings is 1. The van der Waals surface area contributed by atoms with Crippen LogP contribution in [0.1, 0.15) is 24.8 Å². The Morgan fingerprint density at radius 1 is 1.47 bits per heavy atom. The van der Waals surface area contributed by atoms with E-state index in [4.69, 9.17) is 5.73 Å². The van der Waals surface area contributed by atoms with E-state index in [1.165, 1.54) is 12.1 Å². The molecule has 0 aliphatic carbocycles. The molecule has 1 saturated heterocycles. The van der Waals surface area contributed by atoms with Crippen molar-refractivity contribution in [1.82, 2.24) is 4.90 Å². The molecule has 0 radical (unpaired) electrons. The minimum atomic E-state index is -0.728. The number of hydrogen-bond acceptors (Lipinski definition) is 4. The van der Waals surface area contributed by atoms with Gasteiger partial charge in [0.1, 0.15) is 0 Å². The molecule has 5 nitrogen and oxygen atoms in total. The van der Waals surface area contributed by atoms with Gasteiger partial charge in [0.05, 0.1) is 4.92 Å². The Balaban J connectivity index is 2.18. The third-order valence-corrected chi connectivity index (χ3v) is 3.65. The van der Waals surface area contributed by atoms with Crippen LogP contribution < -0.4 is 5.73 Å². The topological polar surface area (TPSA) is 72.4 Å². The van der Waals surface area contributed by atoms with Gasteiger partial charge in [-0.1, -0.05) is 18.6 Å². The molecule has 1 aromatic carbocycles. The molecule has 1 fully saturated rings. The number of nitrogens with two attached hydrogens (primary N) is 1. The molecular weight excluding hydrogens is 249 g/mol. The maximum Gasteiger partial charge on any atom is 0.305 e. The van der Waals surface area contributed by atoms with Crippen LogP contribution in [-0.2, 0) is 6.54 Å². The van der Waals surface area contributed by atoms with Crippen LogP contribution in [0, 0.1) is 15.9 Å². The van der Waals surface area contributed by atoms with Gasteiger partial charge in [0.2, 0.25) is 5.82 Å². The van der Waals surface area contributed by atoms with Crippen molar-refractivity contribution in [3.8, 4) is 0 Å². The highest BCUT2D eigenvalue weighted by molar-refractivity contribution is 5.36. The molecule has 0 amide bonds. The van der Waals surface area contributed by atoms with Crippen LogP contribution in [0.25, 0.3) is 0 Å². The Bertz CT molecular complexity index is 467. The molecule has 1 unspecified atom stereocenters. The summed E-state index contributed by atoms with van der Waals surface area (Å²) in [6, 6.07) is 4.56. The van der Waals surface area contributed by atoms with E-state index < -0.39 is 16.4 Å². The fraction of sp³-hybridized carbons (Fsp3) is 0.538. The van der Waals surface area contributed by atoms with Crippen LogP contribution in [0.2, 0.25) is 0 Å². The zero-order valence-electron chi connectivity index (χ0n) is 10.7. The lowest BCUT2D eigenvalue weighted by Crippen LogP contribution is -2.43. The largest absolute Gasteiger partial charge is 0.329 e. The molecule has 2 N–H and O–H groups in total. The lowest BCUT2D eigenvalue weighted by atomic mass is 10.0. The van der Waals surface area contributed by atoms with E-state index in [0.29, 0.717) is 18.7 Å². The number of benzene rings is 1. The van der Waals surface area contributed by atoms with Gasteiger partial charge in [-0.05, 0) is 19.4 Å². The van der Waals surface area contributed by atoms with Gasteiger partial charge in [0.15, 0.2) is 0 Å². The van der Waals surface area contributed by atoms with Gasteiger partial charge in [0, 0.05) is 30.8 Å². The van der Waals surface area contributed by atoms with Gasteiger partial charge < -0.3 is 5.73 Å². The number of halogens is 1.